The Labute approximate surface area is 186 Å². The van der Waals surface area contributed by atoms with Gasteiger partial charge in [0.05, 0.1) is 17.6 Å². The Bertz CT molecular complexity index is 1160. The zero-order valence-electron chi connectivity index (χ0n) is 16.7. The summed E-state index contributed by atoms with van der Waals surface area (Å²) in [4.78, 5) is 26.8. The molecule has 1 amide bonds. The molecule has 3 aromatic rings. The zero-order valence-corrected chi connectivity index (χ0v) is 18.3. The SMILES string of the molecule is COC(=O)c1c(NC(=O)c2cc(COc3ccc4c(c3)OCO4)cs2)sc2c1CCC2. The van der Waals surface area contributed by atoms with Crippen LogP contribution in [-0.4, -0.2) is 25.8 Å². The second-order valence-corrected chi connectivity index (χ2v) is 9.15. The number of benzene rings is 1. The van der Waals surface area contributed by atoms with Crippen LogP contribution in [0.2, 0.25) is 0 Å². The van der Waals surface area contributed by atoms with E-state index in [2.05, 4.69) is 5.32 Å². The molecule has 0 saturated carbocycles. The zero-order chi connectivity index (χ0) is 21.4. The smallest absolute Gasteiger partial charge is 0.341 e. The summed E-state index contributed by atoms with van der Waals surface area (Å²) >= 11 is 2.80. The van der Waals surface area contributed by atoms with Crippen molar-refractivity contribution in [2.75, 3.05) is 19.2 Å². The number of carbonyl (C=O) groups excluding carboxylic acids is 2. The van der Waals surface area contributed by atoms with Crippen LogP contribution in [-0.2, 0) is 24.2 Å². The number of hydrogen-bond acceptors (Lipinski definition) is 8. The molecule has 0 radical (unpaired) electrons. The molecule has 1 aromatic carbocycles. The van der Waals surface area contributed by atoms with Gasteiger partial charge in [-0.25, -0.2) is 4.79 Å². The molecule has 0 spiro atoms. The van der Waals surface area contributed by atoms with E-state index < -0.39 is 5.97 Å². The number of fused-ring (bicyclic) bond motifs is 2. The Hall–Kier alpha value is -3.04. The molecule has 0 bridgehead atoms. The summed E-state index contributed by atoms with van der Waals surface area (Å²) in [5.41, 5.74) is 2.39. The molecule has 7 nitrogen and oxygen atoms in total. The quantitative estimate of drug-likeness (QED) is 0.543. The van der Waals surface area contributed by atoms with Gasteiger partial charge in [-0.3, -0.25) is 4.79 Å². The first-order chi connectivity index (χ1) is 15.1. The van der Waals surface area contributed by atoms with Crippen LogP contribution in [0.1, 0.15) is 42.5 Å². The third kappa shape index (κ3) is 3.86. The number of anilines is 1. The number of methoxy groups -OCH3 is 1. The van der Waals surface area contributed by atoms with E-state index in [0.29, 0.717) is 39.3 Å². The summed E-state index contributed by atoms with van der Waals surface area (Å²) in [5.74, 6) is 1.38. The highest BCUT2D eigenvalue weighted by molar-refractivity contribution is 7.17. The van der Waals surface area contributed by atoms with Gasteiger partial charge < -0.3 is 24.3 Å². The number of rotatable bonds is 6. The lowest BCUT2D eigenvalue weighted by Gasteiger charge is -2.06. The largest absolute Gasteiger partial charge is 0.489 e. The van der Waals surface area contributed by atoms with Gasteiger partial charge in [0.1, 0.15) is 17.4 Å². The molecular weight excluding hydrogens is 438 g/mol. The Morgan fingerprint density at radius 3 is 2.90 bits per heavy atom. The fourth-order valence-electron chi connectivity index (χ4n) is 3.68. The molecular formula is C22H19NO6S2. The van der Waals surface area contributed by atoms with Crippen molar-refractivity contribution in [3.63, 3.8) is 0 Å². The highest BCUT2D eigenvalue weighted by Crippen LogP contribution is 2.40. The maximum Gasteiger partial charge on any atom is 0.341 e. The third-order valence-electron chi connectivity index (χ3n) is 5.16. The minimum atomic E-state index is -0.404. The van der Waals surface area contributed by atoms with Crippen LogP contribution in [0.15, 0.2) is 29.6 Å². The summed E-state index contributed by atoms with van der Waals surface area (Å²) in [5, 5.41) is 5.35. The molecule has 1 N–H and O–H groups in total. The van der Waals surface area contributed by atoms with Crippen LogP contribution < -0.4 is 19.5 Å². The van der Waals surface area contributed by atoms with E-state index in [4.69, 9.17) is 18.9 Å². The molecule has 0 saturated heterocycles. The highest BCUT2D eigenvalue weighted by atomic mass is 32.1. The minimum absolute atomic E-state index is 0.215. The van der Waals surface area contributed by atoms with Crippen LogP contribution in [0.5, 0.6) is 17.2 Å². The van der Waals surface area contributed by atoms with Gasteiger partial charge in [-0.1, -0.05) is 0 Å². The standard InChI is InChI=1S/C22H19NO6S2/c1-26-22(25)19-14-3-2-4-17(14)31-21(19)23-20(24)18-7-12(10-30-18)9-27-13-5-6-15-16(8-13)29-11-28-15/h5-8,10H,2-4,9,11H2,1H3,(H,23,24). The molecule has 160 valence electrons. The van der Waals surface area contributed by atoms with Gasteiger partial charge in [-0.05, 0) is 48.4 Å². The van der Waals surface area contributed by atoms with Crippen LogP contribution >= 0.6 is 22.7 Å². The van der Waals surface area contributed by atoms with Crippen molar-refractivity contribution in [1.29, 1.82) is 0 Å². The van der Waals surface area contributed by atoms with Gasteiger partial charge in [0, 0.05) is 16.5 Å². The van der Waals surface area contributed by atoms with Gasteiger partial charge in [0.15, 0.2) is 11.5 Å². The van der Waals surface area contributed by atoms with Crippen molar-refractivity contribution < 1.29 is 28.5 Å². The molecule has 31 heavy (non-hydrogen) atoms. The fraction of sp³-hybridized carbons (Fsp3) is 0.273. The molecule has 0 unspecified atom stereocenters. The van der Waals surface area contributed by atoms with Gasteiger partial charge in [-0.2, -0.15) is 0 Å². The maximum atomic E-state index is 12.8. The minimum Gasteiger partial charge on any atom is -0.489 e. The van der Waals surface area contributed by atoms with E-state index in [-0.39, 0.29) is 12.7 Å². The number of thiophene rings is 2. The van der Waals surface area contributed by atoms with E-state index in [9.17, 15) is 9.59 Å². The molecule has 0 atom stereocenters. The maximum absolute atomic E-state index is 12.8. The van der Waals surface area contributed by atoms with E-state index in [1.807, 2.05) is 11.4 Å². The summed E-state index contributed by atoms with van der Waals surface area (Å²) < 4.78 is 21.4. The van der Waals surface area contributed by atoms with Gasteiger partial charge in [-0.15, -0.1) is 22.7 Å². The summed E-state index contributed by atoms with van der Waals surface area (Å²) in [6.07, 6.45) is 2.80. The first kappa shape index (κ1) is 19.9. The monoisotopic (exact) mass is 457 g/mol. The van der Waals surface area contributed by atoms with Crippen molar-refractivity contribution >= 4 is 39.6 Å². The van der Waals surface area contributed by atoms with Crippen molar-refractivity contribution in [3.8, 4) is 17.2 Å². The van der Waals surface area contributed by atoms with E-state index >= 15 is 0 Å². The molecule has 0 fully saturated rings. The molecule has 9 heteroatoms. The van der Waals surface area contributed by atoms with Gasteiger partial charge in [0.2, 0.25) is 6.79 Å². The van der Waals surface area contributed by atoms with Crippen molar-refractivity contribution in [1.82, 2.24) is 0 Å². The number of aryl methyl sites for hydroxylation is 1. The normalized spacial score (nSPS) is 13.7. The van der Waals surface area contributed by atoms with Crippen LogP contribution in [0.4, 0.5) is 5.00 Å². The molecule has 1 aliphatic heterocycles. The van der Waals surface area contributed by atoms with Gasteiger partial charge >= 0.3 is 5.97 Å². The lowest BCUT2D eigenvalue weighted by Crippen LogP contribution is -2.13. The first-order valence-corrected chi connectivity index (χ1v) is 11.5. The Kier molecular flexibility index (Phi) is 5.29. The lowest BCUT2D eigenvalue weighted by molar-refractivity contribution is 0.0601. The molecule has 5 rings (SSSR count). The second-order valence-electron chi connectivity index (χ2n) is 7.13. The lowest BCUT2D eigenvalue weighted by atomic mass is 10.1. The van der Waals surface area contributed by atoms with Gasteiger partial charge in [0.25, 0.3) is 5.91 Å². The van der Waals surface area contributed by atoms with Crippen molar-refractivity contribution in [3.05, 3.63) is 56.1 Å². The van der Waals surface area contributed by atoms with E-state index in [0.717, 1.165) is 35.3 Å². The van der Waals surface area contributed by atoms with Crippen molar-refractivity contribution in [2.45, 2.75) is 25.9 Å². The molecule has 3 heterocycles. The summed E-state index contributed by atoms with van der Waals surface area (Å²) in [6, 6.07) is 7.21. The Morgan fingerprint density at radius 2 is 2.03 bits per heavy atom. The predicted octanol–water partition coefficient (Wildman–Crippen LogP) is 4.64. The number of esters is 1. The molecule has 2 aliphatic rings. The number of carbonyl (C=O) groups is 2. The fourth-order valence-corrected chi connectivity index (χ4v) is 5.74. The average Bonchev–Trinajstić information content (AvgIpc) is 3.55. The number of nitrogens with one attached hydrogen (secondary N) is 1. The number of hydrogen-bond donors (Lipinski definition) is 1. The average molecular weight is 458 g/mol. The van der Waals surface area contributed by atoms with Crippen LogP contribution in [0.25, 0.3) is 0 Å². The highest BCUT2D eigenvalue weighted by Gasteiger charge is 2.28. The van der Waals surface area contributed by atoms with E-state index in [1.54, 1.807) is 18.2 Å². The van der Waals surface area contributed by atoms with Crippen LogP contribution in [0.3, 0.4) is 0 Å². The Balaban J connectivity index is 1.26. The molecule has 1 aliphatic carbocycles. The molecule has 2 aromatic heterocycles. The first-order valence-electron chi connectivity index (χ1n) is 9.76. The summed E-state index contributed by atoms with van der Waals surface area (Å²) in [6.45, 7) is 0.539. The summed E-state index contributed by atoms with van der Waals surface area (Å²) in [7, 11) is 1.36. The predicted molar refractivity (Wildman–Crippen MR) is 117 cm³/mol. The third-order valence-corrected chi connectivity index (χ3v) is 7.35. The second kappa shape index (κ2) is 8.24. The number of amides is 1. The van der Waals surface area contributed by atoms with Crippen molar-refractivity contribution in [2.24, 2.45) is 0 Å². The van der Waals surface area contributed by atoms with E-state index in [1.165, 1.54) is 29.8 Å². The Morgan fingerprint density at radius 1 is 1.16 bits per heavy atom. The number of ether oxygens (including phenoxy) is 4. The van der Waals surface area contributed by atoms with Crippen LogP contribution in [0, 0.1) is 0 Å². The topological polar surface area (TPSA) is 83.1 Å².